The molecule has 0 aliphatic carbocycles. The van der Waals surface area contributed by atoms with E-state index in [2.05, 4.69) is 6.92 Å². The van der Waals surface area contributed by atoms with Crippen LogP contribution in [0, 0.1) is 0 Å². The van der Waals surface area contributed by atoms with Gasteiger partial charge in [0.1, 0.15) is 0 Å². The van der Waals surface area contributed by atoms with Gasteiger partial charge in [0, 0.05) is 0 Å². The number of hydrogen-bond acceptors (Lipinski definition) is 1. The van der Waals surface area contributed by atoms with Gasteiger partial charge in [-0.2, -0.15) is 0 Å². The first-order valence-electron chi connectivity index (χ1n) is 2.68. The van der Waals surface area contributed by atoms with Gasteiger partial charge >= 0.3 is 0 Å². The summed E-state index contributed by atoms with van der Waals surface area (Å²) in [6.07, 6.45) is 4.78. The molecule has 0 unspecified atom stereocenters. The Morgan fingerprint density at radius 2 is 2.14 bits per heavy atom. The summed E-state index contributed by atoms with van der Waals surface area (Å²) in [4.78, 5) is 0. The van der Waals surface area contributed by atoms with Crippen LogP contribution in [0.5, 0.6) is 0 Å². The summed E-state index contributed by atoms with van der Waals surface area (Å²) < 4.78 is 4.89. The molecule has 0 aromatic carbocycles. The minimum absolute atomic E-state index is 0.774. The van der Waals surface area contributed by atoms with Gasteiger partial charge in [0.15, 0.2) is 0 Å². The number of hydrogen-bond donors (Lipinski definition) is 0. The van der Waals surface area contributed by atoms with E-state index >= 15 is 0 Å². The van der Waals surface area contributed by atoms with E-state index < -0.39 is 0 Å². The monoisotopic (exact) mass is 100 g/mol. The van der Waals surface area contributed by atoms with Gasteiger partial charge in [0.25, 0.3) is 0 Å². The highest BCUT2D eigenvalue weighted by Crippen LogP contribution is 1.79. The zero-order valence-electron chi connectivity index (χ0n) is 4.98. The zero-order valence-corrected chi connectivity index (χ0v) is 4.98. The van der Waals surface area contributed by atoms with E-state index in [1.165, 1.54) is 0 Å². The van der Waals surface area contributed by atoms with Gasteiger partial charge in [-0.15, -0.1) is 0 Å². The smallest absolute Gasteiger partial charge is 0.0845 e. The van der Waals surface area contributed by atoms with Crippen LogP contribution in [0.3, 0.4) is 0 Å². The van der Waals surface area contributed by atoms with Crippen LogP contribution in [0.2, 0.25) is 0 Å². The lowest BCUT2D eigenvalue weighted by Crippen LogP contribution is -1.74. The average molecular weight is 100 g/mol. The number of allylic oxidation sites excluding steroid dienone is 1. The molecule has 0 rings (SSSR count). The summed E-state index contributed by atoms with van der Waals surface area (Å²) in [5.74, 6) is 0. The van der Waals surface area contributed by atoms with Crippen LogP contribution in [0.1, 0.15) is 20.3 Å². The van der Waals surface area contributed by atoms with Gasteiger partial charge in [0.2, 0.25) is 0 Å². The van der Waals surface area contributed by atoms with E-state index in [-0.39, 0.29) is 0 Å². The predicted molar refractivity (Wildman–Crippen MR) is 31.1 cm³/mol. The second kappa shape index (κ2) is 5.54. The molecule has 0 atom stereocenters. The summed E-state index contributed by atoms with van der Waals surface area (Å²) in [6, 6.07) is 0. The van der Waals surface area contributed by atoms with Gasteiger partial charge in [-0.05, 0) is 13.3 Å². The van der Waals surface area contributed by atoms with Crippen molar-refractivity contribution < 1.29 is 4.74 Å². The summed E-state index contributed by atoms with van der Waals surface area (Å²) in [5.41, 5.74) is 0. The first-order chi connectivity index (χ1) is 3.41. The topological polar surface area (TPSA) is 9.23 Å². The Kier molecular flexibility index (Phi) is 5.18. The molecular weight excluding hydrogens is 88.1 g/mol. The Morgan fingerprint density at radius 1 is 1.43 bits per heavy atom. The fraction of sp³-hybridized carbons (Fsp3) is 0.667. The molecular formula is C6H12O. The normalized spacial score (nSPS) is 10.0. The minimum atomic E-state index is 0.774. The quantitative estimate of drug-likeness (QED) is 0.492. The predicted octanol–water partition coefficient (Wildman–Crippen LogP) is 1.95. The molecule has 0 radical (unpaired) electrons. The summed E-state index contributed by atoms with van der Waals surface area (Å²) in [5, 5.41) is 0. The van der Waals surface area contributed by atoms with Crippen molar-refractivity contribution in [3.8, 4) is 0 Å². The molecule has 0 spiro atoms. The average Bonchev–Trinajstić information content (AvgIpc) is 1.69. The van der Waals surface area contributed by atoms with E-state index in [1.54, 1.807) is 6.26 Å². The van der Waals surface area contributed by atoms with Gasteiger partial charge < -0.3 is 4.74 Å². The fourth-order valence-corrected chi connectivity index (χ4v) is 0.260. The van der Waals surface area contributed by atoms with Crippen LogP contribution in [0.15, 0.2) is 12.3 Å². The maximum Gasteiger partial charge on any atom is 0.0845 e. The molecule has 0 fully saturated rings. The molecule has 0 amide bonds. The van der Waals surface area contributed by atoms with Gasteiger partial charge in [-0.25, -0.2) is 0 Å². The molecule has 1 heteroatoms. The molecule has 7 heavy (non-hydrogen) atoms. The zero-order chi connectivity index (χ0) is 5.54. The maximum absolute atomic E-state index is 4.89. The van der Waals surface area contributed by atoms with Crippen molar-refractivity contribution in [2.75, 3.05) is 6.61 Å². The van der Waals surface area contributed by atoms with Gasteiger partial charge in [-0.3, -0.25) is 0 Å². The molecule has 0 saturated carbocycles. The second-order valence-electron chi connectivity index (χ2n) is 1.24. The van der Waals surface area contributed by atoms with Crippen LogP contribution >= 0.6 is 0 Å². The lowest BCUT2D eigenvalue weighted by Gasteiger charge is -1.88. The molecule has 0 aliphatic heterocycles. The SMILES string of the molecule is CC/C=C/OCC. The molecule has 1 nitrogen and oxygen atoms in total. The van der Waals surface area contributed by atoms with Crippen molar-refractivity contribution >= 4 is 0 Å². The first kappa shape index (κ1) is 6.54. The molecule has 42 valence electrons. The van der Waals surface area contributed by atoms with E-state index in [9.17, 15) is 0 Å². The second-order valence-corrected chi connectivity index (χ2v) is 1.24. The summed E-state index contributed by atoms with van der Waals surface area (Å²) in [6.45, 7) is 4.83. The van der Waals surface area contributed by atoms with E-state index in [4.69, 9.17) is 4.74 Å². The molecule has 0 N–H and O–H groups in total. The van der Waals surface area contributed by atoms with Crippen LogP contribution in [-0.4, -0.2) is 6.61 Å². The van der Waals surface area contributed by atoms with Gasteiger partial charge in [0.05, 0.1) is 12.9 Å². The Labute approximate surface area is 45.0 Å². The number of rotatable bonds is 3. The highest BCUT2D eigenvalue weighted by molar-refractivity contribution is 4.69. The highest BCUT2D eigenvalue weighted by Gasteiger charge is 1.64. The maximum atomic E-state index is 4.89. The largest absolute Gasteiger partial charge is 0.502 e. The van der Waals surface area contributed by atoms with Crippen LogP contribution in [-0.2, 0) is 4.74 Å². The van der Waals surface area contributed by atoms with E-state index in [0.717, 1.165) is 13.0 Å². The molecule has 0 aromatic heterocycles. The van der Waals surface area contributed by atoms with Crippen molar-refractivity contribution in [2.45, 2.75) is 20.3 Å². The Balaban J connectivity index is 2.78. The van der Waals surface area contributed by atoms with Crippen molar-refractivity contribution in [1.29, 1.82) is 0 Å². The first-order valence-corrected chi connectivity index (χ1v) is 2.68. The third kappa shape index (κ3) is 5.54. The van der Waals surface area contributed by atoms with Crippen molar-refractivity contribution in [3.05, 3.63) is 12.3 Å². The van der Waals surface area contributed by atoms with Crippen LogP contribution in [0.25, 0.3) is 0 Å². The van der Waals surface area contributed by atoms with Crippen LogP contribution < -0.4 is 0 Å². The third-order valence-electron chi connectivity index (χ3n) is 0.595. The Hall–Kier alpha value is -0.460. The minimum Gasteiger partial charge on any atom is -0.502 e. The van der Waals surface area contributed by atoms with Crippen molar-refractivity contribution in [2.24, 2.45) is 0 Å². The Morgan fingerprint density at radius 3 is 2.57 bits per heavy atom. The molecule has 0 aliphatic rings. The Bertz CT molecular complexity index is 48.1. The highest BCUT2D eigenvalue weighted by atomic mass is 16.5. The van der Waals surface area contributed by atoms with E-state index in [0.29, 0.717) is 0 Å². The summed E-state index contributed by atoms with van der Waals surface area (Å²) >= 11 is 0. The molecule has 0 heterocycles. The third-order valence-corrected chi connectivity index (χ3v) is 0.595. The number of ether oxygens (including phenoxy) is 1. The van der Waals surface area contributed by atoms with Crippen LogP contribution in [0.4, 0.5) is 0 Å². The molecule has 0 aromatic rings. The van der Waals surface area contributed by atoms with Crippen molar-refractivity contribution in [3.63, 3.8) is 0 Å². The lowest BCUT2D eigenvalue weighted by atomic mass is 10.5. The molecule has 0 bridgehead atoms. The van der Waals surface area contributed by atoms with E-state index in [1.807, 2.05) is 13.0 Å². The van der Waals surface area contributed by atoms with Gasteiger partial charge in [-0.1, -0.05) is 13.0 Å². The fourth-order valence-electron chi connectivity index (χ4n) is 0.260. The summed E-state index contributed by atoms with van der Waals surface area (Å²) in [7, 11) is 0. The van der Waals surface area contributed by atoms with Crippen molar-refractivity contribution in [1.82, 2.24) is 0 Å². The standard InChI is InChI=1S/C6H12O/c1-3-5-6-7-4-2/h5-6H,3-4H2,1-2H3/b6-5+. The molecule has 0 saturated heterocycles. The lowest BCUT2D eigenvalue weighted by molar-refractivity contribution is 0.268.